The van der Waals surface area contributed by atoms with Gasteiger partial charge >= 0.3 is 11.9 Å². The largest absolute Gasteiger partial charge is 0.497 e. The minimum Gasteiger partial charge on any atom is -0.497 e. The van der Waals surface area contributed by atoms with E-state index in [0.29, 0.717) is 29.7 Å². The average molecular weight is 448 g/mol. The van der Waals surface area contributed by atoms with E-state index in [1.807, 2.05) is 0 Å². The van der Waals surface area contributed by atoms with E-state index in [2.05, 4.69) is 4.74 Å². The second kappa shape index (κ2) is 9.93. The van der Waals surface area contributed by atoms with E-state index in [1.54, 1.807) is 36.4 Å². The maximum atomic E-state index is 12.8. The van der Waals surface area contributed by atoms with E-state index in [9.17, 15) is 18.0 Å². The summed E-state index contributed by atoms with van der Waals surface area (Å²) in [6.07, 6.45) is 0.771. The number of carbonyl (C=O) groups excluding carboxylic acids is 2. The number of carbonyl (C=O) groups is 2. The molecule has 0 spiro atoms. The van der Waals surface area contributed by atoms with Crippen molar-refractivity contribution in [2.75, 3.05) is 27.3 Å². The molecular weight excluding hydrogens is 422 g/mol. The van der Waals surface area contributed by atoms with Crippen LogP contribution in [0.5, 0.6) is 5.75 Å². The molecule has 1 fully saturated rings. The summed E-state index contributed by atoms with van der Waals surface area (Å²) in [4.78, 5) is 24.2. The van der Waals surface area contributed by atoms with Crippen molar-refractivity contribution in [1.82, 2.24) is 4.31 Å². The Morgan fingerprint density at radius 1 is 1.03 bits per heavy atom. The number of nitrogens with zero attached hydrogens (tertiary/aromatic N) is 1. The van der Waals surface area contributed by atoms with Gasteiger partial charge in [0.2, 0.25) is 10.0 Å². The molecule has 8 nitrogen and oxygen atoms in total. The first kappa shape index (κ1) is 22.8. The second-order valence-corrected chi connectivity index (χ2v) is 9.09. The molecular formula is C22H25NO7S. The maximum absolute atomic E-state index is 12.8. The fourth-order valence-electron chi connectivity index (χ4n) is 3.41. The SMILES string of the molecule is COC(=O)c1cccc(COC(=O)C2CCN(S(=O)(=O)c3ccc(OC)cc3)CC2)c1. The van der Waals surface area contributed by atoms with Gasteiger partial charge in [-0.2, -0.15) is 4.31 Å². The molecule has 1 heterocycles. The molecule has 2 aromatic carbocycles. The van der Waals surface area contributed by atoms with Crippen LogP contribution < -0.4 is 4.74 Å². The topological polar surface area (TPSA) is 99.2 Å². The standard InChI is InChI=1S/C22H25NO7S/c1-28-19-6-8-20(9-7-19)31(26,27)23-12-10-17(11-13-23)22(25)30-15-16-4-3-5-18(14-16)21(24)29-2/h3-9,14,17H,10-13,15H2,1-2H3. The molecule has 1 aliphatic heterocycles. The van der Waals surface area contributed by atoms with Crippen LogP contribution in [0.3, 0.4) is 0 Å². The van der Waals surface area contributed by atoms with Crippen molar-refractivity contribution in [3.05, 3.63) is 59.7 Å². The summed E-state index contributed by atoms with van der Waals surface area (Å²) >= 11 is 0. The summed E-state index contributed by atoms with van der Waals surface area (Å²) in [7, 11) is -0.806. The Labute approximate surface area is 181 Å². The lowest BCUT2D eigenvalue weighted by molar-refractivity contribution is -0.151. The zero-order chi connectivity index (χ0) is 22.4. The molecule has 0 unspecified atom stereocenters. The van der Waals surface area contributed by atoms with Gasteiger partial charge in [0.25, 0.3) is 0 Å². The monoisotopic (exact) mass is 447 g/mol. The van der Waals surface area contributed by atoms with E-state index in [-0.39, 0.29) is 36.5 Å². The number of piperidine rings is 1. The highest BCUT2D eigenvalue weighted by Gasteiger charge is 2.32. The minimum absolute atomic E-state index is 0.0357. The number of hydrogen-bond acceptors (Lipinski definition) is 7. The highest BCUT2D eigenvalue weighted by Crippen LogP contribution is 2.26. The van der Waals surface area contributed by atoms with Crippen molar-refractivity contribution >= 4 is 22.0 Å². The third kappa shape index (κ3) is 5.42. The fourth-order valence-corrected chi connectivity index (χ4v) is 4.88. The maximum Gasteiger partial charge on any atom is 0.337 e. The molecule has 1 saturated heterocycles. The Kier molecular flexibility index (Phi) is 7.29. The van der Waals surface area contributed by atoms with Crippen LogP contribution in [0.4, 0.5) is 0 Å². The Balaban J connectivity index is 1.54. The van der Waals surface area contributed by atoms with Crippen molar-refractivity contribution in [3.8, 4) is 5.75 Å². The van der Waals surface area contributed by atoms with E-state index in [1.165, 1.54) is 30.7 Å². The van der Waals surface area contributed by atoms with Crippen molar-refractivity contribution in [3.63, 3.8) is 0 Å². The molecule has 31 heavy (non-hydrogen) atoms. The minimum atomic E-state index is -3.63. The summed E-state index contributed by atoms with van der Waals surface area (Å²) in [6.45, 7) is 0.520. The lowest BCUT2D eigenvalue weighted by Gasteiger charge is -2.30. The van der Waals surface area contributed by atoms with Crippen LogP contribution in [-0.4, -0.2) is 52.0 Å². The molecule has 166 valence electrons. The van der Waals surface area contributed by atoms with E-state index >= 15 is 0 Å². The second-order valence-electron chi connectivity index (χ2n) is 7.15. The van der Waals surface area contributed by atoms with Crippen molar-refractivity contribution in [2.45, 2.75) is 24.3 Å². The summed E-state index contributed by atoms with van der Waals surface area (Å²) < 4.78 is 42.2. The molecule has 1 aliphatic rings. The Morgan fingerprint density at radius 2 is 1.71 bits per heavy atom. The number of esters is 2. The normalized spacial score (nSPS) is 15.3. The number of sulfonamides is 1. The molecule has 3 rings (SSSR count). The molecule has 0 radical (unpaired) electrons. The van der Waals surface area contributed by atoms with Crippen molar-refractivity contribution in [1.29, 1.82) is 0 Å². The van der Waals surface area contributed by atoms with Crippen LogP contribution in [0.15, 0.2) is 53.4 Å². The number of benzene rings is 2. The summed E-state index contributed by atoms with van der Waals surface area (Å²) in [5, 5.41) is 0. The Hall–Kier alpha value is -2.91. The molecule has 0 saturated carbocycles. The molecule has 0 amide bonds. The summed E-state index contributed by atoms with van der Waals surface area (Å²) in [5.74, 6) is -0.618. The first-order chi connectivity index (χ1) is 14.8. The Morgan fingerprint density at radius 3 is 2.32 bits per heavy atom. The van der Waals surface area contributed by atoms with Crippen LogP contribution >= 0.6 is 0 Å². The highest BCUT2D eigenvalue weighted by atomic mass is 32.2. The predicted octanol–water partition coefficient (Wildman–Crippen LogP) is 2.63. The van der Waals surface area contributed by atoms with Gasteiger partial charge in [-0.1, -0.05) is 12.1 Å². The third-order valence-corrected chi connectivity index (χ3v) is 7.13. The third-order valence-electron chi connectivity index (χ3n) is 5.21. The van der Waals surface area contributed by atoms with Gasteiger partial charge < -0.3 is 14.2 Å². The van der Waals surface area contributed by atoms with Crippen molar-refractivity contribution in [2.24, 2.45) is 5.92 Å². The van der Waals surface area contributed by atoms with E-state index < -0.39 is 16.0 Å². The molecule has 2 aromatic rings. The van der Waals surface area contributed by atoms with E-state index in [0.717, 1.165) is 0 Å². The smallest absolute Gasteiger partial charge is 0.337 e. The first-order valence-electron chi connectivity index (χ1n) is 9.83. The van der Waals surface area contributed by atoms with Gasteiger partial charge in [-0.25, -0.2) is 13.2 Å². The zero-order valence-electron chi connectivity index (χ0n) is 17.4. The highest BCUT2D eigenvalue weighted by molar-refractivity contribution is 7.89. The molecule has 9 heteroatoms. The first-order valence-corrected chi connectivity index (χ1v) is 11.3. The average Bonchev–Trinajstić information content (AvgIpc) is 2.82. The lowest BCUT2D eigenvalue weighted by atomic mass is 9.98. The van der Waals surface area contributed by atoms with Crippen LogP contribution in [-0.2, 0) is 30.9 Å². The van der Waals surface area contributed by atoms with E-state index in [4.69, 9.17) is 9.47 Å². The number of methoxy groups -OCH3 is 2. The summed E-state index contributed by atoms with van der Waals surface area (Å²) in [5.41, 5.74) is 1.06. The predicted molar refractivity (Wildman–Crippen MR) is 112 cm³/mol. The zero-order valence-corrected chi connectivity index (χ0v) is 18.3. The van der Waals surface area contributed by atoms with Gasteiger partial charge in [0.05, 0.1) is 30.6 Å². The van der Waals surface area contributed by atoms with Gasteiger partial charge in [0.15, 0.2) is 0 Å². The summed E-state index contributed by atoms with van der Waals surface area (Å²) in [6, 6.07) is 12.9. The molecule has 0 bridgehead atoms. The molecule has 0 aliphatic carbocycles. The number of hydrogen-bond donors (Lipinski definition) is 0. The van der Waals surface area contributed by atoms with Gasteiger partial charge in [0.1, 0.15) is 12.4 Å². The lowest BCUT2D eigenvalue weighted by Crippen LogP contribution is -2.40. The van der Waals surface area contributed by atoms with Crippen molar-refractivity contribution < 1.29 is 32.2 Å². The van der Waals surface area contributed by atoms with Gasteiger partial charge in [-0.15, -0.1) is 0 Å². The van der Waals surface area contributed by atoms with Crippen LogP contribution in [0, 0.1) is 5.92 Å². The molecule has 0 aromatic heterocycles. The van der Waals surface area contributed by atoms with Gasteiger partial charge in [-0.3, -0.25) is 4.79 Å². The quantitative estimate of drug-likeness (QED) is 0.602. The molecule has 0 N–H and O–H groups in total. The molecule has 0 atom stereocenters. The van der Waals surface area contributed by atoms with Crippen LogP contribution in [0.2, 0.25) is 0 Å². The van der Waals surface area contributed by atoms with Gasteiger partial charge in [0, 0.05) is 13.1 Å². The van der Waals surface area contributed by atoms with Gasteiger partial charge in [-0.05, 0) is 54.8 Å². The van der Waals surface area contributed by atoms with Crippen LogP contribution in [0.25, 0.3) is 0 Å². The van der Waals surface area contributed by atoms with Crippen LogP contribution in [0.1, 0.15) is 28.8 Å². The number of rotatable bonds is 7. The Bertz CT molecular complexity index is 1030. The number of ether oxygens (including phenoxy) is 3. The fraction of sp³-hybridized carbons (Fsp3) is 0.364.